The molecule has 156 valence electrons. The van der Waals surface area contributed by atoms with Gasteiger partial charge in [0.1, 0.15) is 0 Å². The second-order valence-corrected chi connectivity index (χ2v) is 7.63. The van der Waals surface area contributed by atoms with Crippen LogP contribution < -0.4 is 10.6 Å². The molecular weight excluding hydrogens is 408 g/mol. The summed E-state index contributed by atoms with van der Waals surface area (Å²) in [5, 5.41) is 5.39. The number of amides is 1. The molecule has 1 aliphatic rings. The summed E-state index contributed by atoms with van der Waals surface area (Å²) >= 11 is 5.60. The van der Waals surface area contributed by atoms with Gasteiger partial charge in [-0.25, -0.2) is 4.39 Å². The summed E-state index contributed by atoms with van der Waals surface area (Å²) in [6, 6.07) is 10.9. The fourth-order valence-electron chi connectivity index (χ4n) is 3.60. The molecule has 1 amide bonds. The Kier molecular flexibility index (Phi) is 6.67. The van der Waals surface area contributed by atoms with Crippen LogP contribution in [0.25, 0.3) is 0 Å². The normalized spacial score (nSPS) is 19.6. The average Bonchev–Trinajstić information content (AvgIpc) is 2.69. The van der Waals surface area contributed by atoms with Crippen molar-refractivity contribution in [3.63, 3.8) is 0 Å². The molecule has 0 heterocycles. The number of anilines is 1. The third-order valence-electron chi connectivity index (χ3n) is 5.18. The highest BCUT2D eigenvalue weighted by Crippen LogP contribution is 2.35. The van der Waals surface area contributed by atoms with Crippen molar-refractivity contribution in [2.24, 2.45) is 5.92 Å². The van der Waals surface area contributed by atoms with Gasteiger partial charge < -0.3 is 10.6 Å². The minimum atomic E-state index is -4.85. The van der Waals surface area contributed by atoms with Crippen LogP contribution in [0.15, 0.2) is 42.5 Å². The van der Waals surface area contributed by atoms with Crippen molar-refractivity contribution in [1.29, 1.82) is 0 Å². The number of hydrogen-bond donors (Lipinski definition) is 2. The number of nitrogens with one attached hydrogen (secondary N) is 2. The van der Waals surface area contributed by atoms with Crippen LogP contribution in [0.4, 0.5) is 23.2 Å². The predicted molar refractivity (Wildman–Crippen MR) is 105 cm³/mol. The lowest BCUT2D eigenvalue weighted by molar-refractivity contribution is -0.138. The second kappa shape index (κ2) is 9.03. The maximum Gasteiger partial charge on any atom is 0.417 e. The minimum absolute atomic E-state index is 0.296. The monoisotopic (exact) mass is 428 g/mol. The van der Waals surface area contributed by atoms with Crippen molar-refractivity contribution >= 4 is 23.2 Å². The summed E-state index contributed by atoms with van der Waals surface area (Å²) in [6.07, 6.45) is -1.98. The van der Waals surface area contributed by atoms with Gasteiger partial charge in [-0.1, -0.05) is 29.8 Å². The van der Waals surface area contributed by atoms with Gasteiger partial charge in [-0.05, 0) is 55.9 Å². The molecule has 2 aromatic rings. The zero-order valence-electron chi connectivity index (χ0n) is 15.5. The summed E-state index contributed by atoms with van der Waals surface area (Å²) in [6.45, 7) is 0.784. The van der Waals surface area contributed by atoms with Crippen molar-refractivity contribution in [3.05, 3.63) is 64.4 Å². The standard InChI is InChI=1S/C21H21ClF4N2O/c22-17-11-10-16(21(24,25)26)18(19(17)23)20(29)28-15-8-6-13(7-9-15)12-27-14-4-2-1-3-5-14/h1-5,10-11,13,15,27H,6-9,12H2,(H,28,29)/t13-,15-. The van der Waals surface area contributed by atoms with Crippen LogP contribution in [-0.4, -0.2) is 18.5 Å². The first-order valence-corrected chi connectivity index (χ1v) is 9.78. The smallest absolute Gasteiger partial charge is 0.385 e. The molecule has 0 aliphatic heterocycles. The van der Waals surface area contributed by atoms with Gasteiger partial charge in [0.15, 0.2) is 5.82 Å². The van der Waals surface area contributed by atoms with Crippen molar-refractivity contribution < 1.29 is 22.4 Å². The van der Waals surface area contributed by atoms with Crippen LogP contribution in [0.5, 0.6) is 0 Å². The summed E-state index contributed by atoms with van der Waals surface area (Å²) < 4.78 is 53.8. The highest BCUT2D eigenvalue weighted by atomic mass is 35.5. The molecule has 8 heteroatoms. The molecule has 3 nitrogen and oxygen atoms in total. The molecular formula is C21H21ClF4N2O. The third kappa shape index (κ3) is 5.41. The van der Waals surface area contributed by atoms with E-state index in [2.05, 4.69) is 10.6 Å². The number of para-hydroxylation sites is 1. The zero-order valence-corrected chi connectivity index (χ0v) is 16.3. The van der Waals surface area contributed by atoms with Crippen LogP contribution in [-0.2, 0) is 6.18 Å². The molecule has 2 N–H and O–H groups in total. The summed E-state index contributed by atoms with van der Waals surface area (Å²) in [5.74, 6) is -2.03. The summed E-state index contributed by atoms with van der Waals surface area (Å²) in [7, 11) is 0. The second-order valence-electron chi connectivity index (χ2n) is 7.22. The quantitative estimate of drug-likeness (QED) is 0.582. The van der Waals surface area contributed by atoms with E-state index in [1.807, 2.05) is 30.3 Å². The van der Waals surface area contributed by atoms with E-state index in [1.54, 1.807) is 0 Å². The van der Waals surface area contributed by atoms with E-state index in [4.69, 9.17) is 11.6 Å². The van der Waals surface area contributed by atoms with Gasteiger partial charge in [-0.3, -0.25) is 4.79 Å². The Bertz CT molecular complexity index is 850. The molecule has 1 aliphatic carbocycles. The minimum Gasteiger partial charge on any atom is -0.385 e. The van der Waals surface area contributed by atoms with E-state index < -0.39 is 34.1 Å². The van der Waals surface area contributed by atoms with Crippen LogP contribution in [0, 0.1) is 11.7 Å². The van der Waals surface area contributed by atoms with Gasteiger partial charge in [0.25, 0.3) is 5.91 Å². The predicted octanol–water partition coefficient (Wildman–Crippen LogP) is 5.90. The van der Waals surface area contributed by atoms with E-state index in [0.717, 1.165) is 31.1 Å². The summed E-state index contributed by atoms with van der Waals surface area (Å²) in [4.78, 5) is 12.4. The molecule has 0 unspecified atom stereocenters. The van der Waals surface area contributed by atoms with Crippen LogP contribution in [0.2, 0.25) is 5.02 Å². The Morgan fingerprint density at radius 3 is 2.31 bits per heavy atom. The van der Waals surface area contributed by atoms with E-state index in [1.165, 1.54) is 0 Å². The molecule has 0 saturated heterocycles. The molecule has 0 atom stereocenters. The lowest BCUT2D eigenvalue weighted by Gasteiger charge is -2.29. The summed E-state index contributed by atoms with van der Waals surface area (Å²) in [5.41, 5.74) is -1.34. The maximum absolute atomic E-state index is 14.2. The number of hydrogen-bond acceptors (Lipinski definition) is 2. The lowest BCUT2D eigenvalue weighted by atomic mass is 9.85. The molecule has 29 heavy (non-hydrogen) atoms. The van der Waals surface area contributed by atoms with Gasteiger partial charge >= 0.3 is 6.18 Å². The Hall–Kier alpha value is -2.28. The molecule has 3 rings (SSSR count). The lowest BCUT2D eigenvalue weighted by Crippen LogP contribution is -2.39. The van der Waals surface area contributed by atoms with Crippen LogP contribution in [0.1, 0.15) is 41.6 Å². The molecule has 0 bridgehead atoms. The van der Waals surface area contributed by atoms with E-state index in [-0.39, 0.29) is 6.04 Å². The van der Waals surface area contributed by atoms with Gasteiger partial charge in [-0.15, -0.1) is 0 Å². The third-order valence-corrected chi connectivity index (χ3v) is 5.47. The first kappa shape index (κ1) is 21.4. The number of carbonyl (C=O) groups excluding carboxylic acids is 1. The zero-order chi connectivity index (χ0) is 21.0. The SMILES string of the molecule is O=C(N[C@H]1CC[C@H](CNc2ccccc2)CC1)c1c(C(F)(F)F)ccc(Cl)c1F. The molecule has 0 aromatic heterocycles. The fraction of sp³-hybridized carbons (Fsp3) is 0.381. The largest absolute Gasteiger partial charge is 0.417 e. The molecule has 2 aromatic carbocycles. The van der Waals surface area contributed by atoms with Gasteiger partial charge in [0.05, 0.1) is 16.1 Å². The van der Waals surface area contributed by atoms with Crippen LogP contribution >= 0.6 is 11.6 Å². The van der Waals surface area contributed by atoms with Gasteiger partial charge in [-0.2, -0.15) is 13.2 Å². The van der Waals surface area contributed by atoms with Gasteiger partial charge in [0, 0.05) is 18.3 Å². The highest BCUT2D eigenvalue weighted by molar-refractivity contribution is 6.31. The van der Waals surface area contributed by atoms with Gasteiger partial charge in [0.2, 0.25) is 0 Å². The van der Waals surface area contributed by atoms with Crippen molar-refractivity contribution in [1.82, 2.24) is 5.32 Å². The molecule has 0 radical (unpaired) electrons. The maximum atomic E-state index is 14.2. The molecule has 1 saturated carbocycles. The topological polar surface area (TPSA) is 41.1 Å². The molecule has 1 fully saturated rings. The Balaban J connectivity index is 1.58. The Labute approximate surface area is 171 Å². The highest BCUT2D eigenvalue weighted by Gasteiger charge is 2.38. The molecule has 0 spiro atoms. The van der Waals surface area contributed by atoms with Crippen LogP contribution in [0.3, 0.4) is 0 Å². The van der Waals surface area contributed by atoms with Crippen molar-refractivity contribution in [3.8, 4) is 0 Å². The van der Waals surface area contributed by atoms with E-state index >= 15 is 0 Å². The number of halogens is 5. The van der Waals surface area contributed by atoms with Crippen molar-refractivity contribution in [2.75, 3.05) is 11.9 Å². The number of rotatable bonds is 5. The van der Waals surface area contributed by atoms with Crippen molar-refractivity contribution in [2.45, 2.75) is 37.9 Å². The fourth-order valence-corrected chi connectivity index (χ4v) is 3.75. The van der Waals surface area contributed by atoms with E-state index in [9.17, 15) is 22.4 Å². The Morgan fingerprint density at radius 2 is 1.69 bits per heavy atom. The van der Waals surface area contributed by atoms with E-state index in [0.29, 0.717) is 24.8 Å². The first-order valence-electron chi connectivity index (χ1n) is 9.40. The number of carbonyl (C=O) groups is 1. The Morgan fingerprint density at radius 1 is 1.03 bits per heavy atom. The number of benzene rings is 2. The first-order chi connectivity index (χ1) is 13.8. The number of alkyl halides is 3. The average molecular weight is 429 g/mol.